The first-order valence-electron chi connectivity index (χ1n) is 7.91. The Bertz CT molecular complexity index is 665. The Morgan fingerprint density at radius 1 is 1.43 bits per heavy atom. The molecule has 1 fully saturated rings. The molecule has 2 aromatic rings. The molecule has 1 aliphatic rings. The molecule has 2 unspecified atom stereocenters. The van der Waals surface area contributed by atoms with Gasteiger partial charge in [0.2, 0.25) is 0 Å². The zero-order valence-corrected chi connectivity index (χ0v) is 14.4. The Morgan fingerprint density at radius 3 is 2.62 bits per heavy atom. The molecular formula is C16H25ClN4. The van der Waals surface area contributed by atoms with Crippen molar-refractivity contribution in [1.82, 2.24) is 19.3 Å². The van der Waals surface area contributed by atoms with E-state index in [1.165, 1.54) is 6.42 Å². The Kier molecular flexibility index (Phi) is 3.55. The Balaban J connectivity index is 2.08. The number of hydrogen-bond donors (Lipinski definition) is 0. The van der Waals surface area contributed by atoms with Crippen molar-refractivity contribution in [3.05, 3.63) is 11.5 Å². The van der Waals surface area contributed by atoms with Gasteiger partial charge in [-0.1, -0.05) is 27.2 Å². The van der Waals surface area contributed by atoms with Crippen LogP contribution in [0, 0.1) is 11.3 Å². The van der Waals surface area contributed by atoms with E-state index in [-0.39, 0.29) is 5.38 Å². The Morgan fingerprint density at radius 2 is 2.10 bits per heavy atom. The Labute approximate surface area is 131 Å². The van der Waals surface area contributed by atoms with Crippen molar-refractivity contribution in [3.63, 3.8) is 0 Å². The number of halogens is 1. The molecule has 0 amide bonds. The number of nitrogens with zero attached hydrogens (tertiary/aromatic N) is 4. The number of aromatic nitrogens is 4. The van der Waals surface area contributed by atoms with Crippen LogP contribution in [0.3, 0.4) is 0 Å². The van der Waals surface area contributed by atoms with E-state index >= 15 is 0 Å². The third-order valence-corrected chi connectivity index (χ3v) is 4.98. The van der Waals surface area contributed by atoms with Crippen LogP contribution in [0.15, 0.2) is 0 Å². The first-order chi connectivity index (χ1) is 9.85. The quantitative estimate of drug-likeness (QED) is 0.781. The number of hydrogen-bond acceptors (Lipinski definition) is 2. The molecule has 3 rings (SSSR count). The number of rotatable bonds is 5. The lowest BCUT2D eigenvalue weighted by Crippen LogP contribution is -2.11. The van der Waals surface area contributed by atoms with Gasteiger partial charge in [-0.3, -0.25) is 4.68 Å². The summed E-state index contributed by atoms with van der Waals surface area (Å²) in [6, 6.07) is 0. The van der Waals surface area contributed by atoms with E-state index < -0.39 is 0 Å². The molecule has 1 saturated carbocycles. The van der Waals surface area contributed by atoms with Gasteiger partial charge >= 0.3 is 0 Å². The molecule has 0 saturated heterocycles. The van der Waals surface area contributed by atoms with Gasteiger partial charge in [0.25, 0.3) is 0 Å². The number of aryl methyl sites for hydroxylation is 2. The fraction of sp³-hybridized carbons (Fsp3) is 0.750. The van der Waals surface area contributed by atoms with E-state index in [1.54, 1.807) is 0 Å². The smallest absolute Gasteiger partial charge is 0.158 e. The molecule has 0 bridgehead atoms. The first kappa shape index (κ1) is 14.9. The summed E-state index contributed by atoms with van der Waals surface area (Å²) < 4.78 is 4.28. The summed E-state index contributed by atoms with van der Waals surface area (Å²) in [7, 11) is 2.01. The van der Waals surface area contributed by atoms with E-state index in [0.717, 1.165) is 42.1 Å². The van der Waals surface area contributed by atoms with Gasteiger partial charge in [-0.2, -0.15) is 5.10 Å². The van der Waals surface area contributed by atoms with E-state index in [9.17, 15) is 0 Å². The highest BCUT2D eigenvalue weighted by Crippen LogP contribution is 2.53. The van der Waals surface area contributed by atoms with Gasteiger partial charge in [0.1, 0.15) is 11.3 Å². The van der Waals surface area contributed by atoms with Crippen LogP contribution in [0.2, 0.25) is 0 Å². The second-order valence-electron chi connectivity index (χ2n) is 7.08. The average molecular weight is 309 g/mol. The van der Waals surface area contributed by atoms with Crippen molar-refractivity contribution >= 4 is 22.8 Å². The maximum absolute atomic E-state index is 6.38. The predicted octanol–water partition coefficient (Wildman–Crippen LogP) is 4.07. The zero-order chi connectivity index (χ0) is 15.4. The standard InChI is InChI=1S/C16H25ClN4/c1-6-7-12-13-15(20(5)19-12)21(14(18-13)10(2)17)9-11-8-16(11,3)4/h10-11H,6-9H2,1-5H3. The molecule has 0 spiro atoms. The maximum Gasteiger partial charge on any atom is 0.158 e. The number of alkyl halides is 1. The lowest BCUT2D eigenvalue weighted by molar-refractivity contribution is 0.490. The van der Waals surface area contributed by atoms with Gasteiger partial charge in [-0.15, -0.1) is 11.6 Å². The first-order valence-corrected chi connectivity index (χ1v) is 8.35. The van der Waals surface area contributed by atoms with Crippen LogP contribution in [0.5, 0.6) is 0 Å². The molecular weight excluding hydrogens is 284 g/mol. The minimum Gasteiger partial charge on any atom is -0.311 e. The highest BCUT2D eigenvalue weighted by molar-refractivity contribution is 6.20. The summed E-state index contributed by atoms with van der Waals surface area (Å²) in [6.07, 6.45) is 3.34. The lowest BCUT2D eigenvalue weighted by Gasteiger charge is -2.12. The van der Waals surface area contributed by atoms with Crippen LogP contribution in [-0.2, 0) is 20.0 Å². The van der Waals surface area contributed by atoms with Gasteiger partial charge in [0.15, 0.2) is 5.65 Å². The molecule has 116 valence electrons. The van der Waals surface area contributed by atoms with E-state index in [2.05, 4.69) is 30.4 Å². The monoisotopic (exact) mass is 308 g/mol. The summed E-state index contributed by atoms with van der Waals surface area (Å²) in [6.45, 7) is 9.85. The van der Waals surface area contributed by atoms with Crippen LogP contribution >= 0.6 is 11.6 Å². The molecule has 0 aliphatic heterocycles. The van der Waals surface area contributed by atoms with E-state index in [4.69, 9.17) is 16.6 Å². The fourth-order valence-electron chi connectivity index (χ4n) is 3.26. The highest BCUT2D eigenvalue weighted by Gasteiger charge is 2.46. The molecule has 2 heterocycles. The second kappa shape index (κ2) is 5.01. The summed E-state index contributed by atoms with van der Waals surface area (Å²) in [5, 5.41) is 4.58. The van der Waals surface area contributed by atoms with Gasteiger partial charge in [0, 0.05) is 13.6 Å². The molecule has 5 heteroatoms. The third kappa shape index (κ3) is 2.48. The highest BCUT2D eigenvalue weighted by atomic mass is 35.5. The summed E-state index contributed by atoms with van der Waals surface area (Å²) in [5.74, 6) is 1.70. The van der Waals surface area contributed by atoms with Gasteiger partial charge in [-0.25, -0.2) is 4.98 Å². The van der Waals surface area contributed by atoms with Crippen LogP contribution in [0.25, 0.3) is 11.2 Å². The van der Waals surface area contributed by atoms with Crippen LogP contribution in [-0.4, -0.2) is 19.3 Å². The molecule has 1 aliphatic carbocycles. The fourth-order valence-corrected chi connectivity index (χ4v) is 3.42. The molecule has 4 nitrogen and oxygen atoms in total. The van der Waals surface area contributed by atoms with Crippen molar-refractivity contribution in [2.24, 2.45) is 18.4 Å². The summed E-state index contributed by atoms with van der Waals surface area (Å²) in [5.41, 5.74) is 3.72. The van der Waals surface area contributed by atoms with Crippen LogP contribution < -0.4 is 0 Å². The topological polar surface area (TPSA) is 35.6 Å². The van der Waals surface area contributed by atoms with Crippen LogP contribution in [0.1, 0.15) is 57.4 Å². The second-order valence-corrected chi connectivity index (χ2v) is 7.73. The minimum atomic E-state index is -0.0752. The van der Waals surface area contributed by atoms with Crippen molar-refractivity contribution in [2.45, 2.75) is 58.9 Å². The van der Waals surface area contributed by atoms with E-state index in [0.29, 0.717) is 11.3 Å². The van der Waals surface area contributed by atoms with Crippen molar-refractivity contribution in [2.75, 3.05) is 0 Å². The molecule has 0 aromatic carbocycles. The van der Waals surface area contributed by atoms with Crippen molar-refractivity contribution in [3.8, 4) is 0 Å². The van der Waals surface area contributed by atoms with Crippen molar-refractivity contribution in [1.29, 1.82) is 0 Å². The van der Waals surface area contributed by atoms with Crippen LogP contribution in [0.4, 0.5) is 0 Å². The summed E-state index contributed by atoms with van der Waals surface area (Å²) in [4.78, 5) is 4.83. The zero-order valence-electron chi connectivity index (χ0n) is 13.6. The molecule has 21 heavy (non-hydrogen) atoms. The lowest BCUT2D eigenvalue weighted by atomic mass is 10.1. The number of imidazole rings is 1. The molecule has 2 atom stereocenters. The Hall–Kier alpha value is -1.03. The number of fused-ring (bicyclic) bond motifs is 1. The predicted molar refractivity (Wildman–Crippen MR) is 86.7 cm³/mol. The SMILES string of the molecule is CCCc1nn(C)c2c1nc(C(C)Cl)n2CC1CC1(C)C. The maximum atomic E-state index is 6.38. The third-order valence-electron chi connectivity index (χ3n) is 4.78. The largest absolute Gasteiger partial charge is 0.311 e. The van der Waals surface area contributed by atoms with Gasteiger partial charge in [-0.05, 0) is 31.1 Å². The molecule has 0 radical (unpaired) electrons. The van der Waals surface area contributed by atoms with Crippen molar-refractivity contribution < 1.29 is 0 Å². The molecule has 2 aromatic heterocycles. The molecule has 0 N–H and O–H groups in total. The van der Waals surface area contributed by atoms with E-state index in [1.807, 2.05) is 18.7 Å². The minimum absolute atomic E-state index is 0.0752. The van der Waals surface area contributed by atoms with Gasteiger partial charge in [0.05, 0.1) is 11.1 Å². The summed E-state index contributed by atoms with van der Waals surface area (Å²) >= 11 is 6.38. The van der Waals surface area contributed by atoms with Gasteiger partial charge < -0.3 is 4.57 Å². The normalized spacial score (nSPS) is 21.9. The average Bonchev–Trinajstić information content (AvgIpc) is 2.72.